The molecule has 22 heavy (non-hydrogen) atoms. The lowest BCUT2D eigenvalue weighted by Gasteiger charge is -2.21. The van der Waals surface area contributed by atoms with Crippen LogP contribution in [0.4, 0.5) is 0 Å². The number of unbranched alkanes of at least 4 members (excludes halogenated alkanes) is 1. The topological polar surface area (TPSA) is 72.2 Å². The summed E-state index contributed by atoms with van der Waals surface area (Å²) in [4.78, 5) is 22.4. The monoisotopic (exact) mass is 310 g/mol. The summed E-state index contributed by atoms with van der Waals surface area (Å²) in [6, 6.07) is 0. The molecule has 0 aromatic carbocycles. The molecule has 4 heteroatoms. The van der Waals surface area contributed by atoms with Crippen molar-refractivity contribution in [3.63, 3.8) is 0 Å². The van der Waals surface area contributed by atoms with Crippen molar-refractivity contribution in [2.45, 2.75) is 73.6 Å². The second-order valence-electron chi connectivity index (χ2n) is 5.02. The highest BCUT2D eigenvalue weighted by atomic mass is 16.1. The first-order valence-electron chi connectivity index (χ1n) is 8.41. The van der Waals surface area contributed by atoms with Gasteiger partial charge in [-0.25, -0.2) is 0 Å². The Balaban J connectivity index is 0. The van der Waals surface area contributed by atoms with Crippen molar-refractivity contribution in [1.29, 1.82) is 0 Å². The molecule has 0 aliphatic heterocycles. The highest BCUT2D eigenvalue weighted by Gasteiger charge is 2.20. The Morgan fingerprint density at radius 1 is 1.23 bits per heavy atom. The standard InChI is InChI=1S/C13H20N2O2.C3H8.C2H6/c1-3-4-5-15-13-6-10(8-16)12(14)7-11(13)9(2)17;1-3-2;1-2/h8,15H,3-7,14H2,1-2H3;3H2,1-2H3;1-2H3. The molecule has 0 unspecified atom stereocenters. The van der Waals surface area contributed by atoms with E-state index in [1.165, 1.54) is 13.3 Å². The maximum atomic E-state index is 11.5. The Labute approximate surface area is 136 Å². The molecule has 128 valence electrons. The number of hydrogen-bond donors (Lipinski definition) is 2. The van der Waals surface area contributed by atoms with E-state index in [-0.39, 0.29) is 5.78 Å². The van der Waals surface area contributed by atoms with Crippen LogP contribution in [0.5, 0.6) is 0 Å². The van der Waals surface area contributed by atoms with Crippen LogP contribution in [-0.2, 0) is 9.59 Å². The molecule has 0 heterocycles. The van der Waals surface area contributed by atoms with Gasteiger partial charge in [0.05, 0.1) is 0 Å². The van der Waals surface area contributed by atoms with Gasteiger partial charge in [-0.05, 0) is 13.3 Å². The predicted molar refractivity (Wildman–Crippen MR) is 94.4 cm³/mol. The Kier molecular flexibility index (Phi) is 14.8. The van der Waals surface area contributed by atoms with Crippen molar-refractivity contribution in [3.8, 4) is 0 Å². The summed E-state index contributed by atoms with van der Waals surface area (Å²) < 4.78 is 0. The molecule has 0 atom stereocenters. The van der Waals surface area contributed by atoms with E-state index in [2.05, 4.69) is 26.1 Å². The van der Waals surface area contributed by atoms with Gasteiger partial charge in [0.2, 0.25) is 0 Å². The van der Waals surface area contributed by atoms with Crippen molar-refractivity contribution in [1.82, 2.24) is 5.32 Å². The third-order valence-corrected chi connectivity index (χ3v) is 2.95. The average Bonchev–Trinajstić information content (AvgIpc) is 2.51. The molecular formula is C18H34N2O2. The summed E-state index contributed by atoms with van der Waals surface area (Å²) in [7, 11) is 0. The fourth-order valence-electron chi connectivity index (χ4n) is 1.86. The van der Waals surface area contributed by atoms with E-state index in [1.807, 2.05) is 13.8 Å². The van der Waals surface area contributed by atoms with E-state index in [1.54, 1.807) is 0 Å². The minimum Gasteiger partial charge on any atom is -0.401 e. The first-order valence-corrected chi connectivity index (χ1v) is 8.41. The smallest absolute Gasteiger partial charge is 0.157 e. The molecule has 3 N–H and O–H groups in total. The molecule has 0 spiro atoms. The number of aldehydes is 1. The van der Waals surface area contributed by atoms with E-state index in [0.29, 0.717) is 29.7 Å². The minimum absolute atomic E-state index is 0.0249. The van der Waals surface area contributed by atoms with Crippen molar-refractivity contribution < 1.29 is 9.59 Å². The lowest BCUT2D eigenvalue weighted by molar-refractivity contribution is -0.114. The van der Waals surface area contributed by atoms with E-state index in [0.717, 1.165) is 31.4 Å². The van der Waals surface area contributed by atoms with Gasteiger partial charge in [0.25, 0.3) is 0 Å². The van der Waals surface area contributed by atoms with Gasteiger partial charge in [-0.1, -0.05) is 47.5 Å². The zero-order valence-corrected chi connectivity index (χ0v) is 15.2. The molecule has 0 aromatic heterocycles. The van der Waals surface area contributed by atoms with Gasteiger partial charge in [0.1, 0.15) is 6.29 Å². The molecule has 0 saturated carbocycles. The zero-order valence-electron chi connectivity index (χ0n) is 15.2. The summed E-state index contributed by atoms with van der Waals surface area (Å²) in [5, 5.41) is 3.25. The van der Waals surface area contributed by atoms with Crippen LogP contribution in [0, 0.1) is 0 Å². The molecule has 4 nitrogen and oxygen atoms in total. The second-order valence-corrected chi connectivity index (χ2v) is 5.02. The highest BCUT2D eigenvalue weighted by Crippen LogP contribution is 2.25. The van der Waals surface area contributed by atoms with E-state index in [4.69, 9.17) is 5.73 Å². The van der Waals surface area contributed by atoms with E-state index in [9.17, 15) is 9.59 Å². The van der Waals surface area contributed by atoms with Crippen molar-refractivity contribution in [2.24, 2.45) is 5.73 Å². The molecular weight excluding hydrogens is 276 g/mol. The van der Waals surface area contributed by atoms with Gasteiger partial charge in [0, 0.05) is 41.9 Å². The molecule has 1 aliphatic rings. The Hall–Kier alpha value is -1.58. The first-order chi connectivity index (χ1) is 10.5. The fraction of sp³-hybridized carbons (Fsp3) is 0.667. The van der Waals surface area contributed by atoms with Crippen molar-refractivity contribution in [2.75, 3.05) is 6.54 Å². The maximum absolute atomic E-state index is 11.5. The molecule has 0 aromatic rings. The predicted octanol–water partition coefficient (Wildman–Crippen LogP) is 3.87. The normalized spacial score (nSPS) is 13.5. The SMILES string of the molecule is CC.CCC.CCCCNC1=C(C(C)=O)CC(N)=C(C=O)C1. The van der Waals surface area contributed by atoms with Crippen LogP contribution in [0.15, 0.2) is 22.5 Å². The molecule has 0 radical (unpaired) electrons. The summed E-state index contributed by atoms with van der Waals surface area (Å²) in [5.41, 5.74) is 8.46. The minimum atomic E-state index is 0.0249. The van der Waals surface area contributed by atoms with Crippen molar-refractivity contribution >= 4 is 12.1 Å². The number of carbonyl (C=O) groups excluding carboxylic acids is 2. The zero-order chi connectivity index (χ0) is 17.5. The van der Waals surface area contributed by atoms with E-state index < -0.39 is 0 Å². The quantitative estimate of drug-likeness (QED) is 0.577. The largest absolute Gasteiger partial charge is 0.401 e. The fourth-order valence-corrected chi connectivity index (χ4v) is 1.86. The van der Waals surface area contributed by atoms with Gasteiger partial charge in [-0.3, -0.25) is 9.59 Å². The molecule has 1 rings (SSSR count). The second kappa shape index (κ2) is 14.4. The Morgan fingerprint density at radius 2 is 1.77 bits per heavy atom. The number of ketones is 1. The summed E-state index contributed by atoms with van der Waals surface area (Å²) in [6.07, 6.45) is 5.01. The number of nitrogens with one attached hydrogen (secondary N) is 1. The van der Waals surface area contributed by atoms with Gasteiger partial charge >= 0.3 is 0 Å². The van der Waals surface area contributed by atoms with Crippen LogP contribution in [0.1, 0.15) is 73.6 Å². The van der Waals surface area contributed by atoms with Crippen molar-refractivity contribution in [3.05, 3.63) is 22.5 Å². The molecule has 0 fully saturated rings. The van der Waals surface area contributed by atoms with Crippen LogP contribution in [0.2, 0.25) is 0 Å². The van der Waals surface area contributed by atoms with Crippen LogP contribution in [0.25, 0.3) is 0 Å². The van der Waals surface area contributed by atoms with Crippen LogP contribution in [0.3, 0.4) is 0 Å². The molecule has 0 amide bonds. The number of hydrogen-bond acceptors (Lipinski definition) is 4. The number of allylic oxidation sites excluding steroid dienone is 2. The lowest BCUT2D eigenvalue weighted by atomic mass is 9.92. The summed E-state index contributed by atoms with van der Waals surface area (Å²) in [6.45, 7) is 12.7. The Morgan fingerprint density at radius 3 is 2.18 bits per heavy atom. The van der Waals surface area contributed by atoms with Crippen LogP contribution in [-0.4, -0.2) is 18.6 Å². The third kappa shape index (κ3) is 8.65. The number of nitrogens with two attached hydrogens (primary N) is 1. The van der Waals surface area contributed by atoms with Crippen LogP contribution < -0.4 is 11.1 Å². The lowest BCUT2D eigenvalue weighted by Crippen LogP contribution is -2.25. The van der Waals surface area contributed by atoms with Gasteiger partial charge in [-0.2, -0.15) is 0 Å². The first kappa shape index (κ1) is 22.7. The maximum Gasteiger partial charge on any atom is 0.157 e. The third-order valence-electron chi connectivity index (χ3n) is 2.95. The molecule has 0 saturated heterocycles. The highest BCUT2D eigenvalue weighted by molar-refractivity contribution is 5.95. The van der Waals surface area contributed by atoms with Gasteiger partial charge in [-0.15, -0.1) is 0 Å². The summed E-state index contributed by atoms with van der Waals surface area (Å²) >= 11 is 0. The number of Topliss-reactive ketones (excluding diaryl/α,β-unsaturated/α-hetero) is 1. The summed E-state index contributed by atoms with van der Waals surface area (Å²) in [5.74, 6) is 0.0249. The number of rotatable bonds is 6. The average molecular weight is 310 g/mol. The Bertz CT molecular complexity index is 396. The molecule has 1 aliphatic carbocycles. The van der Waals surface area contributed by atoms with Crippen LogP contribution >= 0.6 is 0 Å². The van der Waals surface area contributed by atoms with E-state index >= 15 is 0 Å². The van der Waals surface area contributed by atoms with Gasteiger partial charge < -0.3 is 11.1 Å². The van der Waals surface area contributed by atoms with Gasteiger partial charge in [0.15, 0.2) is 5.78 Å². The number of carbonyl (C=O) groups is 2. The molecule has 0 bridgehead atoms.